The summed E-state index contributed by atoms with van der Waals surface area (Å²) in [6.45, 7) is 3.93. The first-order chi connectivity index (χ1) is 9.51. The van der Waals surface area contributed by atoms with E-state index < -0.39 is 5.97 Å². The van der Waals surface area contributed by atoms with Crippen LogP contribution in [0.3, 0.4) is 0 Å². The van der Waals surface area contributed by atoms with Crippen LogP contribution < -0.4 is 15.4 Å². The van der Waals surface area contributed by atoms with Crippen molar-refractivity contribution in [2.75, 3.05) is 18.5 Å². The maximum absolute atomic E-state index is 11.7. The van der Waals surface area contributed by atoms with E-state index >= 15 is 0 Å². The standard InChI is InChI=1S/C14H20N2O4/c1-3-10(2)15-8-13(17)16-11-4-6-12(7-5-11)20-9-14(18)19/h4-7,10,15H,3,8-9H2,1-2H3,(H,16,17)(H,18,19). The lowest BCUT2D eigenvalue weighted by molar-refractivity contribution is -0.139. The molecule has 1 unspecified atom stereocenters. The van der Waals surface area contributed by atoms with Crippen molar-refractivity contribution in [3.05, 3.63) is 24.3 Å². The maximum Gasteiger partial charge on any atom is 0.341 e. The van der Waals surface area contributed by atoms with Crippen molar-refractivity contribution in [2.24, 2.45) is 0 Å². The monoisotopic (exact) mass is 280 g/mol. The van der Waals surface area contributed by atoms with Gasteiger partial charge in [0.1, 0.15) is 5.75 Å². The van der Waals surface area contributed by atoms with E-state index in [2.05, 4.69) is 10.6 Å². The van der Waals surface area contributed by atoms with Crippen LogP contribution in [0.5, 0.6) is 5.75 Å². The van der Waals surface area contributed by atoms with Gasteiger partial charge in [0.25, 0.3) is 0 Å². The Morgan fingerprint density at radius 3 is 2.50 bits per heavy atom. The van der Waals surface area contributed by atoms with Gasteiger partial charge in [-0.25, -0.2) is 4.79 Å². The molecule has 0 bridgehead atoms. The first-order valence-corrected chi connectivity index (χ1v) is 6.49. The molecule has 0 heterocycles. The Hall–Kier alpha value is -2.08. The van der Waals surface area contributed by atoms with Gasteiger partial charge in [0.05, 0.1) is 6.54 Å². The van der Waals surface area contributed by atoms with Crippen molar-refractivity contribution in [3.8, 4) is 5.75 Å². The van der Waals surface area contributed by atoms with E-state index in [0.29, 0.717) is 17.5 Å². The highest BCUT2D eigenvalue weighted by atomic mass is 16.5. The van der Waals surface area contributed by atoms with E-state index in [1.807, 2.05) is 13.8 Å². The van der Waals surface area contributed by atoms with E-state index in [-0.39, 0.29) is 19.1 Å². The van der Waals surface area contributed by atoms with E-state index in [9.17, 15) is 9.59 Å². The van der Waals surface area contributed by atoms with Gasteiger partial charge in [0, 0.05) is 11.7 Å². The molecule has 0 aliphatic heterocycles. The smallest absolute Gasteiger partial charge is 0.341 e. The Labute approximate surface area is 118 Å². The van der Waals surface area contributed by atoms with Gasteiger partial charge < -0.3 is 20.5 Å². The molecule has 0 aliphatic rings. The molecule has 1 atom stereocenters. The fourth-order valence-corrected chi connectivity index (χ4v) is 1.40. The molecule has 6 heteroatoms. The summed E-state index contributed by atoms with van der Waals surface area (Å²) in [6.07, 6.45) is 0.961. The highest BCUT2D eigenvalue weighted by Crippen LogP contribution is 2.15. The molecular weight excluding hydrogens is 260 g/mol. The van der Waals surface area contributed by atoms with Gasteiger partial charge in [-0.15, -0.1) is 0 Å². The first-order valence-electron chi connectivity index (χ1n) is 6.49. The van der Waals surface area contributed by atoms with Crippen LogP contribution in [0.15, 0.2) is 24.3 Å². The van der Waals surface area contributed by atoms with Crippen LogP contribution in [0, 0.1) is 0 Å². The molecule has 0 aromatic heterocycles. The van der Waals surface area contributed by atoms with E-state index in [4.69, 9.17) is 9.84 Å². The minimum atomic E-state index is -1.03. The Bertz CT molecular complexity index is 445. The second kappa shape index (κ2) is 8.16. The quantitative estimate of drug-likeness (QED) is 0.671. The number of nitrogens with one attached hydrogen (secondary N) is 2. The number of aliphatic carboxylic acids is 1. The molecule has 0 saturated carbocycles. The molecule has 3 N–H and O–H groups in total. The zero-order valence-electron chi connectivity index (χ0n) is 11.7. The molecule has 1 aromatic carbocycles. The third kappa shape index (κ3) is 6.19. The Kier molecular flexibility index (Phi) is 6.52. The number of carboxylic acids is 1. The van der Waals surface area contributed by atoms with Gasteiger partial charge in [0.2, 0.25) is 5.91 Å². The summed E-state index contributed by atoms with van der Waals surface area (Å²) in [4.78, 5) is 22.0. The maximum atomic E-state index is 11.7. The number of benzene rings is 1. The number of carbonyl (C=O) groups excluding carboxylic acids is 1. The highest BCUT2D eigenvalue weighted by Gasteiger charge is 2.05. The summed E-state index contributed by atoms with van der Waals surface area (Å²) in [5.41, 5.74) is 0.642. The van der Waals surface area contributed by atoms with Gasteiger partial charge in [-0.3, -0.25) is 4.79 Å². The van der Waals surface area contributed by atoms with Crippen LogP contribution in [0.2, 0.25) is 0 Å². The molecule has 1 aromatic rings. The van der Waals surface area contributed by atoms with Crippen LogP contribution in [-0.2, 0) is 9.59 Å². The van der Waals surface area contributed by atoms with E-state index in [1.54, 1.807) is 24.3 Å². The van der Waals surface area contributed by atoms with Crippen LogP contribution in [-0.4, -0.2) is 36.2 Å². The second-order valence-electron chi connectivity index (χ2n) is 4.45. The lowest BCUT2D eigenvalue weighted by Crippen LogP contribution is -2.33. The summed E-state index contributed by atoms with van der Waals surface area (Å²) >= 11 is 0. The lowest BCUT2D eigenvalue weighted by Gasteiger charge is -2.11. The molecule has 6 nitrogen and oxygen atoms in total. The number of amides is 1. The predicted molar refractivity (Wildman–Crippen MR) is 76.0 cm³/mol. The summed E-state index contributed by atoms with van der Waals surface area (Å²) in [6, 6.07) is 6.85. The van der Waals surface area contributed by atoms with Gasteiger partial charge in [-0.2, -0.15) is 0 Å². The van der Waals surface area contributed by atoms with Crippen LogP contribution in [0.1, 0.15) is 20.3 Å². The normalized spacial score (nSPS) is 11.7. The lowest BCUT2D eigenvalue weighted by atomic mass is 10.2. The Morgan fingerprint density at radius 1 is 1.30 bits per heavy atom. The van der Waals surface area contributed by atoms with Gasteiger partial charge >= 0.3 is 5.97 Å². The largest absolute Gasteiger partial charge is 0.482 e. The summed E-state index contributed by atoms with van der Waals surface area (Å²) < 4.78 is 5.00. The van der Waals surface area contributed by atoms with E-state index in [0.717, 1.165) is 6.42 Å². The zero-order valence-corrected chi connectivity index (χ0v) is 11.7. The van der Waals surface area contributed by atoms with Gasteiger partial charge in [-0.1, -0.05) is 6.92 Å². The summed E-state index contributed by atoms with van der Waals surface area (Å²) in [7, 11) is 0. The van der Waals surface area contributed by atoms with Crippen LogP contribution >= 0.6 is 0 Å². The molecule has 0 saturated heterocycles. The molecule has 1 rings (SSSR count). The van der Waals surface area contributed by atoms with E-state index in [1.165, 1.54) is 0 Å². The summed E-state index contributed by atoms with van der Waals surface area (Å²) in [5.74, 6) is -0.703. The van der Waals surface area contributed by atoms with Gasteiger partial charge in [-0.05, 0) is 37.6 Å². The molecule has 0 aliphatic carbocycles. The Morgan fingerprint density at radius 2 is 1.95 bits per heavy atom. The number of anilines is 1. The minimum Gasteiger partial charge on any atom is -0.482 e. The van der Waals surface area contributed by atoms with Crippen molar-refractivity contribution < 1.29 is 19.4 Å². The molecule has 0 fully saturated rings. The van der Waals surface area contributed by atoms with Crippen molar-refractivity contribution in [3.63, 3.8) is 0 Å². The van der Waals surface area contributed by atoms with Gasteiger partial charge in [0.15, 0.2) is 6.61 Å². The van der Waals surface area contributed by atoms with Crippen molar-refractivity contribution in [2.45, 2.75) is 26.3 Å². The molecule has 0 radical (unpaired) electrons. The third-order valence-electron chi connectivity index (χ3n) is 2.72. The predicted octanol–water partition coefficient (Wildman–Crippen LogP) is 1.48. The minimum absolute atomic E-state index is 0.121. The number of hydrogen-bond acceptors (Lipinski definition) is 4. The number of carbonyl (C=O) groups is 2. The number of ether oxygens (including phenoxy) is 1. The third-order valence-corrected chi connectivity index (χ3v) is 2.72. The second-order valence-corrected chi connectivity index (χ2v) is 4.45. The van der Waals surface area contributed by atoms with Crippen molar-refractivity contribution in [1.29, 1.82) is 0 Å². The number of carboxylic acid groups (broad SMARTS) is 1. The SMILES string of the molecule is CCC(C)NCC(=O)Nc1ccc(OCC(=O)O)cc1. The molecule has 110 valence electrons. The first kappa shape index (κ1) is 16.0. The zero-order chi connectivity index (χ0) is 15.0. The molecular formula is C14H20N2O4. The fraction of sp³-hybridized carbons (Fsp3) is 0.429. The van der Waals surface area contributed by atoms with Crippen molar-refractivity contribution in [1.82, 2.24) is 5.32 Å². The topological polar surface area (TPSA) is 87.7 Å². The molecule has 20 heavy (non-hydrogen) atoms. The molecule has 1 amide bonds. The fourth-order valence-electron chi connectivity index (χ4n) is 1.40. The average molecular weight is 280 g/mol. The molecule has 0 spiro atoms. The summed E-state index contributed by atoms with van der Waals surface area (Å²) in [5, 5.41) is 14.3. The number of hydrogen-bond donors (Lipinski definition) is 3. The van der Waals surface area contributed by atoms with Crippen molar-refractivity contribution >= 4 is 17.6 Å². The Balaban J connectivity index is 2.40. The number of rotatable bonds is 8. The highest BCUT2D eigenvalue weighted by molar-refractivity contribution is 5.92. The van der Waals surface area contributed by atoms with Crippen LogP contribution in [0.4, 0.5) is 5.69 Å². The average Bonchev–Trinajstić information content (AvgIpc) is 2.44. The van der Waals surface area contributed by atoms with Crippen LogP contribution in [0.25, 0.3) is 0 Å².